The molecule has 110 valence electrons. The van der Waals surface area contributed by atoms with E-state index in [0.29, 0.717) is 23.3 Å². The van der Waals surface area contributed by atoms with Crippen LogP contribution in [-0.2, 0) is 0 Å². The van der Waals surface area contributed by atoms with Crippen LogP contribution >= 0.6 is 11.8 Å². The van der Waals surface area contributed by atoms with Crippen LogP contribution in [-0.4, -0.2) is 28.3 Å². The summed E-state index contributed by atoms with van der Waals surface area (Å²) in [6.07, 6.45) is 5.84. The molecule has 0 aliphatic heterocycles. The zero-order valence-electron chi connectivity index (χ0n) is 11.7. The molecule has 21 heavy (non-hydrogen) atoms. The molecule has 1 N–H and O–H groups in total. The molecule has 6 heteroatoms. The van der Waals surface area contributed by atoms with Gasteiger partial charge in [-0.15, -0.1) is 0 Å². The molecule has 1 aromatic heterocycles. The number of amides is 1. The number of hydrogen-bond donors (Lipinski definition) is 1. The zero-order valence-corrected chi connectivity index (χ0v) is 12.5. The van der Waals surface area contributed by atoms with Crippen LogP contribution in [0.5, 0.6) is 0 Å². The van der Waals surface area contributed by atoms with Gasteiger partial charge in [-0.2, -0.15) is 0 Å². The summed E-state index contributed by atoms with van der Waals surface area (Å²) < 4.78 is 14.8. The number of nitrogens with zero attached hydrogens (tertiary/aromatic N) is 2. The fraction of sp³-hybridized carbons (Fsp3) is 0.333. The average Bonchev–Trinajstić information content (AvgIpc) is 3.23. The lowest BCUT2D eigenvalue weighted by Gasteiger charge is -2.11. The molecule has 3 rings (SSSR count). The Bertz CT molecular complexity index is 649. The van der Waals surface area contributed by atoms with Crippen molar-refractivity contribution < 1.29 is 9.18 Å². The standard InChI is InChI=1S/C15H16FN3OS/c1-21-15-18-9-13(14(20)17-8-10-2-3-10)19(15)12-6-4-11(16)5-7-12/h4-7,9-10H,2-3,8H2,1H3,(H,17,20). The number of rotatable bonds is 5. The monoisotopic (exact) mass is 305 g/mol. The fourth-order valence-corrected chi connectivity index (χ4v) is 2.67. The summed E-state index contributed by atoms with van der Waals surface area (Å²) in [6.45, 7) is 0.710. The van der Waals surface area contributed by atoms with Gasteiger partial charge in [-0.05, 0) is 49.3 Å². The molecule has 0 radical (unpaired) electrons. The van der Waals surface area contributed by atoms with E-state index >= 15 is 0 Å². The Morgan fingerprint density at radius 2 is 2.14 bits per heavy atom. The minimum absolute atomic E-state index is 0.140. The van der Waals surface area contributed by atoms with Gasteiger partial charge in [0.15, 0.2) is 5.16 Å². The average molecular weight is 305 g/mol. The van der Waals surface area contributed by atoms with E-state index in [2.05, 4.69) is 10.3 Å². The first-order valence-corrected chi connectivity index (χ1v) is 8.07. The Labute approximate surface area is 126 Å². The van der Waals surface area contributed by atoms with Gasteiger partial charge in [-0.25, -0.2) is 9.37 Å². The lowest BCUT2D eigenvalue weighted by molar-refractivity contribution is 0.0944. The van der Waals surface area contributed by atoms with Gasteiger partial charge < -0.3 is 5.32 Å². The Balaban J connectivity index is 1.91. The minimum atomic E-state index is -0.302. The van der Waals surface area contributed by atoms with Gasteiger partial charge in [0, 0.05) is 12.2 Å². The third-order valence-corrected chi connectivity index (χ3v) is 4.13. The molecular weight excluding hydrogens is 289 g/mol. The third kappa shape index (κ3) is 3.10. The molecule has 1 saturated carbocycles. The lowest BCUT2D eigenvalue weighted by Crippen LogP contribution is -2.27. The second-order valence-electron chi connectivity index (χ2n) is 5.10. The molecule has 0 atom stereocenters. The summed E-state index contributed by atoms with van der Waals surface area (Å²) in [7, 11) is 0. The number of nitrogens with one attached hydrogen (secondary N) is 1. The van der Waals surface area contributed by atoms with Crippen molar-refractivity contribution in [3.05, 3.63) is 42.0 Å². The molecule has 0 saturated heterocycles. The number of halogens is 1. The molecule has 1 aromatic carbocycles. The Morgan fingerprint density at radius 3 is 2.76 bits per heavy atom. The topological polar surface area (TPSA) is 46.9 Å². The Kier molecular flexibility index (Phi) is 3.96. The van der Waals surface area contributed by atoms with Gasteiger partial charge in [0.2, 0.25) is 0 Å². The quantitative estimate of drug-likeness (QED) is 0.864. The number of hydrogen-bond acceptors (Lipinski definition) is 3. The zero-order chi connectivity index (χ0) is 14.8. The highest BCUT2D eigenvalue weighted by molar-refractivity contribution is 7.98. The first kappa shape index (κ1) is 14.1. The first-order chi connectivity index (χ1) is 10.2. The van der Waals surface area contributed by atoms with Crippen LogP contribution < -0.4 is 5.32 Å². The molecular formula is C15H16FN3OS. The van der Waals surface area contributed by atoms with E-state index in [0.717, 1.165) is 5.69 Å². The highest BCUT2D eigenvalue weighted by atomic mass is 32.2. The number of carbonyl (C=O) groups excluding carboxylic acids is 1. The Morgan fingerprint density at radius 1 is 1.43 bits per heavy atom. The van der Waals surface area contributed by atoms with Gasteiger partial charge in [0.05, 0.1) is 6.20 Å². The van der Waals surface area contributed by atoms with E-state index in [-0.39, 0.29) is 11.7 Å². The molecule has 0 bridgehead atoms. The molecule has 0 unspecified atom stereocenters. The maximum absolute atomic E-state index is 13.1. The molecule has 1 heterocycles. The van der Waals surface area contributed by atoms with E-state index in [4.69, 9.17) is 0 Å². The van der Waals surface area contributed by atoms with Crippen LogP contribution in [0.4, 0.5) is 4.39 Å². The third-order valence-electron chi connectivity index (χ3n) is 3.48. The summed E-state index contributed by atoms with van der Waals surface area (Å²) in [5, 5.41) is 3.64. The van der Waals surface area contributed by atoms with Crippen LogP contribution in [0, 0.1) is 11.7 Å². The second-order valence-corrected chi connectivity index (χ2v) is 5.87. The van der Waals surface area contributed by atoms with Crippen molar-refractivity contribution in [1.29, 1.82) is 0 Å². The summed E-state index contributed by atoms with van der Waals surface area (Å²) in [6, 6.07) is 6.06. The summed E-state index contributed by atoms with van der Waals surface area (Å²) in [5.74, 6) is 0.180. The van der Waals surface area contributed by atoms with E-state index in [1.54, 1.807) is 22.9 Å². The molecule has 4 nitrogen and oxygen atoms in total. The Hall–Kier alpha value is -1.82. The molecule has 0 spiro atoms. The van der Waals surface area contributed by atoms with Gasteiger partial charge in [-0.1, -0.05) is 11.8 Å². The van der Waals surface area contributed by atoms with Crippen LogP contribution in [0.2, 0.25) is 0 Å². The normalized spacial score (nSPS) is 14.2. The maximum Gasteiger partial charge on any atom is 0.269 e. The van der Waals surface area contributed by atoms with Gasteiger partial charge in [0.25, 0.3) is 5.91 Å². The smallest absolute Gasteiger partial charge is 0.269 e. The summed E-state index contributed by atoms with van der Waals surface area (Å²) >= 11 is 1.45. The minimum Gasteiger partial charge on any atom is -0.350 e. The van der Waals surface area contributed by atoms with E-state index in [9.17, 15) is 9.18 Å². The highest BCUT2D eigenvalue weighted by Crippen LogP contribution is 2.28. The molecule has 2 aromatic rings. The van der Waals surface area contributed by atoms with Crippen molar-refractivity contribution >= 4 is 17.7 Å². The van der Waals surface area contributed by atoms with E-state index in [1.165, 1.54) is 36.7 Å². The lowest BCUT2D eigenvalue weighted by atomic mass is 10.3. The van der Waals surface area contributed by atoms with Crippen molar-refractivity contribution in [1.82, 2.24) is 14.9 Å². The molecule has 1 fully saturated rings. The van der Waals surface area contributed by atoms with Gasteiger partial charge >= 0.3 is 0 Å². The van der Waals surface area contributed by atoms with Gasteiger partial charge in [-0.3, -0.25) is 9.36 Å². The van der Waals surface area contributed by atoms with Crippen molar-refractivity contribution in [3.63, 3.8) is 0 Å². The second kappa shape index (κ2) is 5.89. The van der Waals surface area contributed by atoms with Crippen molar-refractivity contribution in [3.8, 4) is 5.69 Å². The highest BCUT2D eigenvalue weighted by Gasteiger charge is 2.23. The maximum atomic E-state index is 13.1. The van der Waals surface area contributed by atoms with Crippen LogP contribution in [0.1, 0.15) is 23.3 Å². The van der Waals surface area contributed by atoms with Crippen molar-refractivity contribution in [2.45, 2.75) is 18.0 Å². The number of benzene rings is 1. The van der Waals surface area contributed by atoms with Crippen molar-refractivity contribution in [2.24, 2.45) is 5.92 Å². The number of imidazole rings is 1. The first-order valence-electron chi connectivity index (χ1n) is 6.85. The fourth-order valence-electron chi connectivity index (χ4n) is 2.13. The van der Waals surface area contributed by atoms with Crippen LogP contribution in [0.3, 0.4) is 0 Å². The molecule has 1 aliphatic carbocycles. The van der Waals surface area contributed by atoms with E-state index < -0.39 is 0 Å². The molecule has 1 amide bonds. The number of thioether (sulfide) groups is 1. The van der Waals surface area contributed by atoms with Gasteiger partial charge in [0.1, 0.15) is 11.5 Å². The SMILES string of the molecule is CSc1ncc(C(=O)NCC2CC2)n1-c1ccc(F)cc1. The number of carbonyl (C=O) groups is 1. The predicted octanol–water partition coefficient (Wildman–Crippen LogP) is 2.87. The van der Waals surface area contributed by atoms with Crippen LogP contribution in [0.15, 0.2) is 35.6 Å². The summed E-state index contributed by atoms with van der Waals surface area (Å²) in [4.78, 5) is 16.6. The number of aromatic nitrogens is 2. The predicted molar refractivity (Wildman–Crippen MR) is 80.4 cm³/mol. The summed E-state index contributed by atoms with van der Waals surface area (Å²) in [5.41, 5.74) is 1.21. The molecule has 1 aliphatic rings. The van der Waals surface area contributed by atoms with E-state index in [1.807, 2.05) is 6.26 Å². The largest absolute Gasteiger partial charge is 0.350 e. The van der Waals surface area contributed by atoms with Crippen LogP contribution in [0.25, 0.3) is 5.69 Å². The van der Waals surface area contributed by atoms with Crippen molar-refractivity contribution in [2.75, 3.05) is 12.8 Å².